The van der Waals surface area contributed by atoms with Gasteiger partial charge in [0.2, 0.25) is 0 Å². The van der Waals surface area contributed by atoms with E-state index in [0.717, 1.165) is 16.1 Å². The van der Waals surface area contributed by atoms with Crippen LogP contribution in [0.25, 0.3) is 0 Å². The Morgan fingerprint density at radius 1 is 1.17 bits per heavy atom. The van der Waals surface area contributed by atoms with Gasteiger partial charge in [-0.2, -0.15) is 4.65 Å². The molecular formula is C22H27N2O5S+. The van der Waals surface area contributed by atoms with Gasteiger partial charge in [-0.1, -0.05) is 24.3 Å². The van der Waals surface area contributed by atoms with Crippen molar-refractivity contribution < 1.29 is 28.9 Å². The number of benzene rings is 2. The van der Waals surface area contributed by atoms with E-state index in [1.807, 2.05) is 48.5 Å². The first kappa shape index (κ1) is 22.1. The summed E-state index contributed by atoms with van der Waals surface area (Å²) in [5.41, 5.74) is 1.60. The van der Waals surface area contributed by atoms with Crippen LogP contribution in [0.5, 0.6) is 5.75 Å². The Balaban J connectivity index is 2.06. The number of hydroxylamine groups is 3. The highest BCUT2D eigenvalue weighted by Crippen LogP contribution is 2.46. The molecule has 0 aromatic heterocycles. The lowest BCUT2D eigenvalue weighted by molar-refractivity contribution is -1.07. The van der Waals surface area contributed by atoms with Crippen molar-refractivity contribution in [3.8, 4) is 5.75 Å². The molecule has 1 aliphatic heterocycles. The number of likely N-dealkylation sites (N-methyl/N-ethyl adjacent to an activating group) is 1. The molecule has 0 saturated carbocycles. The zero-order valence-electron chi connectivity index (χ0n) is 17.6. The molecule has 3 rings (SSSR count). The number of carbonyl (C=O) groups is 2. The quantitative estimate of drug-likeness (QED) is 0.430. The Bertz CT molecular complexity index is 910. The van der Waals surface area contributed by atoms with Crippen LogP contribution < -0.4 is 9.64 Å². The normalized spacial score (nSPS) is 19.1. The van der Waals surface area contributed by atoms with Crippen LogP contribution in [0, 0.1) is 0 Å². The first-order valence-electron chi connectivity index (χ1n) is 9.63. The van der Waals surface area contributed by atoms with Crippen LogP contribution in [0.15, 0.2) is 53.4 Å². The molecule has 8 heteroatoms. The summed E-state index contributed by atoms with van der Waals surface area (Å²) in [7, 11) is 4.88. The van der Waals surface area contributed by atoms with E-state index in [1.54, 1.807) is 26.1 Å². The van der Waals surface area contributed by atoms with E-state index in [2.05, 4.69) is 0 Å². The van der Waals surface area contributed by atoms with E-state index in [1.165, 1.54) is 18.7 Å². The van der Waals surface area contributed by atoms with Crippen molar-refractivity contribution in [2.24, 2.45) is 0 Å². The highest BCUT2D eigenvalue weighted by Gasteiger charge is 2.41. The SMILES string of the molecule is COc1ccc(C2Sc3ccccc3N(CC[N+](C)(C)O)C(=O)C2OC(C)=O)cc1. The summed E-state index contributed by atoms with van der Waals surface area (Å²) in [5.74, 6) is -0.119. The van der Waals surface area contributed by atoms with E-state index < -0.39 is 17.3 Å². The third-order valence-electron chi connectivity index (χ3n) is 4.80. The molecule has 0 radical (unpaired) electrons. The number of esters is 1. The average molecular weight is 432 g/mol. The molecule has 0 fully saturated rings. The van der Waals surface area contributed by atoms with Gasteiger partial charge in [0.25, 0.3) is 5.91 Å². The van der Waals surface area contributed by atoms with Gasteiger partial charge in [0, 0.05) is 11.8 Å². The number of fused-ring (bicyclic) bond motifs is 1. The topological polar surface area (TPSA) is 76.1 Å². The number of hydrogen-bond donors (Lipinski definition) is 1. The summed E-state index contributed by atoms with van der Waals surface area (Å²) >= 11 is 1.49. The largest absolute Gasteiger partial charge is 0.497 e. The van der Waals surface area contributed by atoms with E-state index in [-0.39, 0.29) is 17.1 Å². The second-order valence-corrected chi connectivity index (χ2v) is 8.83. The van der Waals surface area contributed by atoms with E-state index in [4.69, 9.17) is 9.47 Å². The monoisotopic (exact) mass is 431 g/mol. The van der Waals surface area contributed by atoms with Gasteiger partial charge in [0.05, 0.1) is 38.7 Å². The summed E-state index contributed by atoms with van der Waals surface area (Å²) < 4.78 is 10.5. The minimum atomic E-state index is -0.998. The molecule has 7 nitrogen and oxygen atoms in total. The summed E-state index contributed by atoms with van der Waals surface area (Å²) in [4.78, 5) is 28.0. The molecular weight excluding hydrogens is 404 g/mol. The molecule has 0 spiro atoms. The van der Waals surface area contributed by atoms with E-state index in [9.17, 15) is 14.8 Å². The lowest BCUT2D eigenvalue weighted by Gasteiger charge is -2.29. The fourth-order valence-corrected chi connectivity index (χ4v) is 4.60. The maximum absolute atomic E-state index is 13.6. The summed E-state index contributed by atoms with van der Waals surface area (Å²) in [6.45, 7) is 1.91. The Kier molecular flexibility index (Phi) is 6.70. The average Bonchev–Trinajstić information content (AvgIpc) is 2.81. The van der Waals surface area contributed by atoms with Crippen molar-refractivity contribution in [3.05, 3.63) is 54.1 Å². The number of hydrogen-bond acceptors (Lipinski definition) is 6. The van der Waals surface area contributed by atoms with Gasteiger partial charge < -0.3 is 14.4 Å². The first-order chi connectivity index (χ1) is 14.2. The predicted octanol–water partition coefficient (Wildman–Crippen LogP) is 3.27. The van der Waals surface area contributed by atoms with Crippen molar-refractivity contribution in [2.75, 3.05) is 39.2 Å². The minimum absolute atomic E-state index is 0.279. The Morgan fingerprint density at radius 3 is 2.43 bits per heavy atom. The first-order valence-corrected chi connectivity index (χ1v) is 10.5. The second-order valence-electron chi connectivity index (χ2n) is 7.64. The van der Waals surface area contributed by atoms with Crippen molar-refractivity contribution in [3.63, 3.8) is 0 Å². The standard InChI is InChI=1S/C22H27N2O5S/c1-15(25)29-20-21(16-9-11-17(28-4)12-10-16)30-19-8-6-5-7-18(19)23(22(20)26)13-14-24(2,3)27/h5-12,20-21,27H,13-14H2,1-4H3/q+1. The van der Waals surface area contributed by atoms with E-state index in [0.29, 0.717) is 12.3 Å². The summed E-state index contributed by atoms with van der Waals surface area (Å²) in [6.07, 6.45) is -0.998. The molecule has 1 amide bonds. The van der Waals surface area contributed by atoms with Crippen molar-refractivity contribution in [1.29, 1.82) is 0 Å². The molecule has 0 bridgehead atoms. The molecule has 2 aromatic rings. The maximum Gasteiger partial charge on any atom is 0.303 e. The van der Waals surface area contributed by atoms with Gasteiger partial charge in [0.1, 0.15) is 12.3 Å². The van der Waals surface area contributed by atoms with Crippen LogP contribution in [0.1, 0.15) is 17.7 Å². The molecule has 0 saturated heterocycles. The van der Waals surface area contributed by atoms with Crippen molar-refractivity contribution >= 4 is 29.3 Å². The highest BCUT2D eigenvalue weighted by atomic mass is 32.2. The molecule has 30 heavy (non-hydrogen) atoms. The van der Waals surface area contributed by atoms with Gasteiger partial charge in [0.15, 0.2) is 6.10 Å². The Hall–Kier alpha value is -2.55. The molecule has 2 aromatic carbocycles. The van der Waals surface area contributed by atoms with Crippen molar-refractivity contribution in [2.45, 2.75) is 23.2 Å². The van der Waals surface area contributed by atoms with E-state index >= 15 is 0 Å². The van der Waals surface area contributed by atoms with Gasteiger partial charge in [-0.15, -0.1) is 11.8 Å². The number of quaternary nitrogens is 1. The van der Waals surface area contributed by atoms with Gasteiger partial charge in [-0.3, -0.25) is 9.59 Å². The number of anilines is 1. The van der Waals surface area contributed by atoms with Crippen molar-refractivity contribution in [1.82, 2.24) is 0 Å². The number of thioether (sulfide) groups is 1. The van der Waals surface area contributed by atoms with Gasteiger partial charge in [-0.05, 0) is 29.8 Å². The molecule has 1 N–H and O–H groups in total. The minimum Gasteiger partial charge on any atom is -0.497 e. The number of para-hydroxylation sites is 1. The van der Waals surface area contributed by atoms with Gasteiger partial charge in [-0.25, -0.2) is 5.21 Å². The number of nitrogens with zero attached hydrogens (tertiary/aromatic N) is 2. The molecule has 1 heterocycles. The van der Waals surface area contributed by atoms with Crippen LogP contribution in [0.2, 0.25) is 0 Å². The van der Waals surface area contributed by atoms with Gasteiger partial charge >= 0.3 is 5.97 Å². The van der Waals surface area contributed by atoms with Crippen LogP contribution in [0.3, 0.4) is 0 Å². The number of carbonyl (C=O) groups excluding carboxylic acids is 2. The zero-order chi connectivity index (χ0) is 21.9. The lowest BCUT2D eigenvalue weighted by Crippen LogP contribution is -2.48. The lowest BCUT2D eigenvalue weighted by atomic mass is 10.1. The smallest absolute Gasteiger partial charge is 0.303 e. The van der Waals surface area contributed by atoms with Crippen LogP contribution in [-0.4, -0.2) is 62.1 Å². The summed E-state index contributed by atoms with van der Waals surface area (Å²) in [6, 6.07) is 15.0. The second kappa shape index (κ2) is 9.07. The summed E-state index contributed by atoms with van der Waals surface area (Å²) in [5, 5.41) is 9.72. The predicted molar refractivity (Wildman–Crippen MR) is 115 cm³/mol. The molecule has 0 aliphatic carbocycles. The zero-order valence-corrected chi connectivity index (χ0v) is 18.4. The van der Waals surface area contributed by atoms with Crippen LogP contribution in [-0.2, 0) is 14.3 Å². The Labute approximate surface area is 180 Å². The highest BCUT2D eigenvalue weighted by molar-refractivity contribution is 7.99. The maximum atomic E-state index is 13.6. The fourth-order valence-electron chi connectivity index (χ4n) is 3.28. The van der Waals surface area contributed by atoms with Crippen LogP contribution >= 0.6 is 11.8 Å². The molecule has 1 aliphatic rings. The molecule has 160 valence electrons. The molecule has 2 unspecified atom stereocenters. The number of ether oxygens (including phenoxy) is 2. The fraction of sp³-hybridized carbons (Fsp3) is 0.364. The number of rotatable bonds is 6. The third kappa shape index (κ3) is 5.13. The Morgan fingerprint density at radius 2 is 1.83 bits per heavy atom. The third-order valence-corrected chi connectivity index (χ3v) is 6.17. The number of methoxy groups -OCH3 is 1. The van der Waals surface area contributed by atoms with Crippen LogP contribution in [0.4, 0.5) is 5.69 Å². The number of amides is 1. The molecule has 2 atom stereocenters.